The van der Waals surface area contributed by atoms with E-state index in [0.29, 0.717) is 39.3 Å². The Labute approximate surface area is 358 Å². The summed E-state index contributed by atoms with van der Waals surface area (Å²) < 4.78 is 17.7. The fourth-order valence-electron chi connectivity index (χ4n) is 7.02. The predicted octanol–water partition coefficient (Wildman–Crippen LogP) is 9.38. The fourth-order valence-corrected chi connectivity index (χ4v) is 7.02. The molecule has 0 spiro atoms. The highest BCUT2D eigenvalue weighted by Crippen LogP contribution is 2.37. The minimum Gasteiger partial charge on any atom is -0.444 e. The summed E-state index contributed by atoms with van der Waals surface area (Å²) in [4.78, 5) is 34.5. The third kappa shape index (κ3) is 14.3. The predicted molar refractivity (Wildman–Crippen MR) is 240 cm³/mol. The molecule has 1 unspecified atom stereocenters. The summed E-state index contributed by atoms with van der Waals surface area (Å²) >= 11 is 0. The van der Waals surface area contributed by atoms with Crippen LogP contribution in [0.1, 0.15) is 90.1 Å². The number of nitrogens with zero attached hydrogens (tertiary/aromatic N) is 4. The fraction of sp³-hybridized carbons (Fsp3) is 0.440. The number of ether oxygens (including phenoxy) is 3. The van der Waals surface area contributed by atoms with E-state index in [0.717, 1.165) is 39.0 Å². The smallest absolute Gasteiger partial charge is 0.410 e. The van der Waals surface area contributed by atoms with Gasteiger partial charge < -0.3 is 29.1 Å². The topological polar surface area (TPSA) is 95.0 Å². The lowest BCUT2D eigenvalue weighted by Gasteiger charge is -2.37. The maximum atomic E-state index is 13.6. The number of carbonyl (C=O) groups excluding carboxylic acids is 2. The van der Waals surface area contributed by atoms with E-state index < -0.39 is 35.4 Å². The van der Waals surface area contributed by atoms with E-state index in [1.54, 1.807) is 9.80 Å². The van der Waals surface area contributed by atoms with Crippen LogP contribution < -0.4 is 0 Å². The Morgan fingerprint density at radius 1 is 0.500 bits per heavy atom. The van der Waals surface area contributed by atoms with Gasteiger partial charge >= 0.3 is 12.2 Å². The molecular formula is C50H66N4O6. The van der Waals surface area contributed by atoms with Crippen LogP contribution in [0.15, 0.2) is 115 Å². The van der Waals surface area contributed by atoms with Gasteiger partial charge in [-0.05, 0) is 101 Å². The van der Waals surface area contributed by atoms with E-state index in [9.17, 15) is 14.7 Å². The second kappa shape index (κ2) is 20.5. The number of aliphatic hydroxyl groups is 1. The van der Waals surface area contributed by atoms with Crippen molar-refractivity contribution in [1.82, 2.24) is 19.6 Å². The van der Waals surface area contributed by atoms with E-state index in [-0.39, 0.29) is 19.6 Å². The van der Waals surface area contributed by atoms with Crippen LogP contribution >= 0.6 is 0 Å². The van der Waals surface area contributed by atoms with E-state index in [4.69, 9.17) is 14.2 Å². The van der Waals surface area contributed by atoms with Crippen LogP contribution in [0.25, 0.3) is 11.1 Å². The zero-order valence-corrected chi connectivity index (χ0v) is 37.2. The highest BCUT2D eigenvalue weighted by molar-refractivity contribution is 6.04. The van der Waals surface area contributed by atoms with Gasteiger partial charge in [-0.25, -0.2) is 9.59 Å². The first-order valence-electron chi connectivity index (χ1n) is 21.1. The molecule has 1 heterocycles. The van der Waals surface area contributed by atoms with Crippen LogP contribution in [0.4, 0.5) is 9.59 Å². The highest BCUT2D eigenvalue weighted by Gasteiger charge is 2.30. The van der Waals surface area contributed by atoms with Gasteiger partial charge in [0.1, 0.15) is 11.2 Å². The number of rotatable bonds is 8. The van der Waals surface area contributed by atoms with Crippen molar-refractivity contribution in [2.45, 2.75) is 92.1 Å². The lowest BCUT2D eigenvalue weighted by molar-refractivity contribution is -0.239. The number of carbonyl (C=O) groups is 2. The van der Waals surface area contributed by atoms with Gasteiger partial charge in [-0.3, -0.25) is 9.80 Å². The van der Waals surface area contributed by atoms with Crippen molar-refractivity contribution in [1.29, 1.82) is 0 Å². The summed E-state index contributed by atoms with van der Waals surface area (Å²) in [6.45, 7) is 20.3. The molecule has 0 aromatic heterocycles. The average molecular weight is 819 g/mol. The highest BCUT2D eigenvalue weighted by atomic mass is 16.6. The van der Waals surface area contributed by atoms with Crippen molar-refractivity contribution in [2.24, 2.45) is 0 Å². The van der Waals surface area contributed by atoms with Gasteiger partial charge in [0, 0.05) is 58.9 Å². The molecular weight excluding hydrogens is 753 g/mol. The number of amides is 2. The molecule has 4 aromatic rings. The zero-order chi connectivity index (χ0) is 43.5. The molecule has 0 aliphatic carbocycles. The second-order valence-corrected chi connectivity index (χ2v) is 18.3. The summed E-state index contributed by atoms with van der Waals surface area (Å²) in [5, 5.41) is 11.4. The Balaban J connectivity index is 1.48. The molecule has 10 heteroatoms. The van der Waals surface area contributed by atoms with E-state index in [1.165, 1.54) is 0 Å². The molecule has 1 fully saturated rings. The van der Waals surface area contributed by atoms with Crippen LogP contribution in [-0.2, 0) is 20.8 Å². The van der Waals surface area contributed by atoms with Crippen molar-refractivity contribution < 1.29 is 28.9 Å². The van der Waals surface area contributed by atoms with Crippen molar-refractivity contribution >= 4 is 23.3 Å². The van der Waals surface area contributed by atoms with Crippen LogP contribution in [-0.4, -0.2) is 112 Å². The largest absolute Gasteiger partial charge is 0.444 e. The minimum atomic E-state index is -1.19. The van der Waals surface area contributed by atoms with Crippen LogP contribution in [0.3, 0.4) is 0 Å². The quantitative estimate of drug-likeness (QED) is 0.139. The molecule has 4 aromatic carbocycles. The Hall–Kier alpha value is -5.00. The first-order chi connectivity index (χ1) is 28.3. The molecule has 1 N–H and O–H groups in total. The summed E-state index contributed by atoms with van der Waals surface area (Å²) in [5.41, 5.74) is 5.91. The molecule has 1 aliphatic rings. The Morgan fingerprint density at radius 3 is 1.25 bits per heavy atom. The Morgan fingerprint density at radius 2 is 0.850 bits per heavy atom. The minimum absolute atomic E-state index is 0.227. The van der Waals surface area contributed by atoms with Crippen LogP contribution in [0.5, 0.6) is 0 Å². The lowest BCUT2D eigenvalue weighted by Crippen LogP contribution is -2.52. The van der Waals surface area contributed by atoms with Gasteiger partial charge in [0.15, 0.2) is 0 Å². The van der Waals surface area contributed by atoms with E-state index in [1.807, 2.05) is 85.4 Å². The van der Waals surface area contributed by atoms with Crippen molar-refractivity contribution in [3.05, 3.63) is 143 Å². The third-order valence-electron chi connectivity index (χ3n) is 9.85. The molecule has 0 bridgehead atoms. The molecule has 1 atom stereocenters. The molecule has 10 nitrogen and oxygen atoms in total. The zero-order valence-electron chi connectivity index (χ0n) is 37.2. The molecule has 0 saturated carbocycles. The molecule has 2 amide bonds. The maximum Gasteiger partial charge on any atom is 0.410 e. The Bertz CT molecular complexity index is 1940. The normalized spacial score (nSPS) is 16.0. The van der Waals surface area contributed by atoms with Crippen LogP contribution in [0, 0.1) is 0 Å². The summed E-state index contributed by atoms with van der Waals surface area (Å²) in [7, 11) is 0. The number of benzene rings is 4. The van der Waals surface area contributed by atoms with Crippen LogP contribution in [0.2, 0.25) is 0 Å². The summed E-state index contributed by atoms with van der Waals surface area (Å²) in [6.07, 6.45) is -2.11. The van der Waals surface area contributed by atoms with Gasteiger partial charge in [0.05, 0.1) is 5.60 Å². The van der Waals surface area contributed by atoms with Gasteiger partial charge in [-0.1, -0.05) is 115 Å². The number of aliphatic hydroxyl groups excluding tert-OH is 1. The number of hydrogen-bond acceptors (Lipinski definition) is 8. The number of hydrogen-bond donors (Lipinski definition) is 1. The summed E-state index contributed by atoms with van der Waals surface area (Å²) in [5.74, 6) is 0. The molecule has 322 valence electrons. The maximum absolute atomic E-state index is 13.6. The van der Waals surface area contributed by atoms with Gasteiger partial charge in [-0.2, -0.15) is 0 Å². The summed E-state index contributed by atoms with van der Waals surface area (Å²) in [6, 6.07) is 40.4. The van der Waals surface area contributed by atoms with E-state index >= 15 is 0 Å². The average Bonchev–Trinajstić information content (AvgIpc) is 3.17. The molecule has 1 aliphatic heterocycles. The van der Waals surface area contributed by atoms with Gasteiger partial charge in [0.2, 0.25) is 6.41 Å². The first kappa shape index (κ1) is 46.1. The Kier molecular flexibility index (Phi) is 15.7. The van der Waals surface area contributed by atoms with Crippen molar-refractivity contribution in [2.75, 3.05) is 52.4 Å². The molecule has 1 saturated heterocycles. The SMILES string of the molecule is CC(C)(C)OC(=O)N1CCN(Cc2ccc(C(=C(c3ccccc3)c3ccccc3)c3ccccc3)cc2)CCN(C(O)OC(C)(C)C)CCN(C(=O)OC(C)(C)C)CC1. The third-order valence-corrected chi connectivity index (χ3v) is 9.85. The van der Waals surface area contributed by atoms with Gasteiger partial charge in [0.25, 0.3) is 0 Å². The first-order valence-corrected chi connectivity index (χ1v) is 21.1. The monoisotopic (exact) mass is 818 g/mol. The van der Waals surface area contributed by atoms with Crippen molar-refractivity contribution in [3.63, 3.8) is 0 Å². The molecule has 5 rings (SSSR count). The lowest BCUT2D eigenvalue weighted by atomic mass is 9.85. The van der Waals surface area contributed by atoms with E-state index in [2.05, 4.69) is 102 Å². The second-order valence-electron chi connectivity index (χ2n) is 18.3. The van der Waals surface area contributed by atoms with Crippen molar-refractivity contribution in [3.8, 4) is 0 Å². The standard InChI is InChI=1S/C50H66N4O6/c1-48(2,3)58-45(55)52-31-29-51(30-32-53(46(56)59-49(4,5)6)34-36-54(35-33-52)47(57)60-50(7,8)9)37-38-25-27-42(28-26-38)44(41-23-17-12-18-24-41)43(39-19-13-10-14-20-39)40-21-15-11-16-22-40/h10-28,45,55H,29-37H2,1-9H3. The molecule has 0 radical (unpaired) electrons. The molecule has 60 heavy (non-hydrogen) atoms. The van der Waals surface area contributed by atoms with Gasteiger partial charge in [-0.15, -0.1) is 0 Å².